The van der Waals surface area contributed by atoms with E-state index in [0.717, 1.165) is 37.2 Å². The molecule has 5 N–H and O–H groups in total. The molecular weight excluding hydrogens is 548 g/mol. The summed E-state index contributed by atoms with van der Waals surface area (Å²) < 4.78 is 5.82. The van der Waals surface area contributed by atoms with Crippen LogP contribution in [0.25, 0.3) is 0 Å². The van der Waals surface area contributed by atoms with Gasteiger partial charge in [0.1, 0.15) is 23.2 Å². The lowest BCUT2D eigenvalue weighted by Crippen LogP contribution is -2.71. The minimum absolute atomic E-state index is 0.00497. The number of hydrogen-bond acceptors (Lipinski definition) is 12. The van der Waals surface area contributed by atoms with Crippen molar-refractivity contribution in [2.24, 2.45) is 10.3 Å². The molecule has 0 radical (unpaired) electrons. The molecule has 1 unspecified atom stereocenters. The molecular formula is C23H25N8O6S2+. The fourth-order valence-corrected chi connectivity index (χ4v) is 6.37. The number of carboxylic acids is 1. The van der Waals surface area contributed by atoms with Crippen LogP contribution in [-0.4, -0.2) is 77.6 Å². The van der Waals surface area contributed by atoms with Gasteiger partial charge in [-0.15, -0.1) is 11.8 Å². The largest absolute Gasteiger partial charge is 0.477 e. The zero-order chi connectivity index (χ0) is 27.5. The number of carboxylic acid groups (broad SMARTS) is 1. The van der Waals surface area contributed by atoms with Gasteiger partial charge in [-0.05, 0) is 25.7 Å². The summed E-state index contributed by atoms with van der Waals surface area (Å²) in [5, 5.41) is 27.8. The zero-order valence-corrected chi connectivity index (χ0v) is 22.1. The normalized spacial score (nSPS) is 21.7. The molecule has 4 heterocycles. The van der Waals surface area contributed by atoms with Crippen molar-refractivity contribution in [2.45, 2.75) is 49.7 Å². The fourth-order valence-electron chi connectivity index (χ4n) is 4.60. The van der Waals surface area contributed by atoms with E-state index in [1.807, 2.05) is 0 Å². The van der Waals surface area contributed by atoms with Gasteiger partial charge in [0.15, 0.2) is 24.1 Å². The van der Waals surface area contributed by atoms with E-state index in [4.69, 9.17) is 15.8 Å². The summed E-state index contributed by atoms with van der Waals surface area (Å²) in [6, 6.07) is 2.45. The van der Waals surface area contributed by atoms with Crippen LogP contribution in [0, 0.1) is 0 Å². The summed E-state index contributed by atoms with van der Waals surface area (Å²) in [6.07, 6.45) is 8.27. The van der Waals surface area contributed by atoms with Crippen molar-refractivity contribution in [3.05, 3.63) is 47.2 Å². The third-order valence-corrected chi connectivity index (χ3v) is 8.38. The molecule has 2 aromatic heterocycles. The number of oxime groups is 2. The molecule has 1 aliphatic carbocycles. The van der Waals surface area contributed by atoms with Gasteiger partial charge in [0.2, 0.25) is 11.5 Å². The first-order valence-corrected chi connectivity index (χ1v) is 13.9. The van der Waals surface area contributed by atoms with E-state index in [2.05, 4.69) is 25.0 Å². The molecule has 2 atom stereocenters. The van der Waals surface area contributed by atoms with Crippen LogP contribution in [0.15, 0.2) is 46.1 Å². The average molecular weight is 574 g/mol. The number of carbonyl (C=O) groups excluding carboxylic acids is 2. The number of nitrogens with one attached hydrogen (secondary N) is 1. The number of aromatic nitrogens is 3. The van der Waals surface area contributed by atoms with Crippen LogP contribution in [0.2, 0.25) is 0 Å². The number of nitrogens with zero attached hydrogens (tertiary/aromatic N) is 6. The minimum atomic E-state index is -1.23. The van der Waals surface area contributed by atoms with E-state index in [9.17, 15) is 19.5 Å². The molecule has 2 aromatic rings. The number of nitrogen functional groups attached to an aromatic ring is 1. The van der Waals surface area contributed by atoms with Gasteiger partial charge < -0.3 is 26.2 Å². The first kappa shape index (κ1) is 26.6. The molecule has 1 saturated heterocycles. The molecule has 2 amide bonds. The van der Waals surface area contributed by atoms with Crippen molar-refractivity contribution in [1.82, 2.24) is 19.6 Å². The molecule has 2 fully saturated rings. The maximum absolute atomic E-state index is 13.2. The number of aliphatic carboxylic acids is 1. The Bertz CT molecular complexity index is 1370. The summed E-state index contributed by atoms with van der Waals surface area (Å²) in [5.41, 5.74) is 6.61. The fraction of sp³-hybridized carbons (Fsp3) is 0.391. The van der Waals surface area contributed by atoms with Crippen LogP contribution >= 0.6 is 23.3 Å². The van der Waals surface area contributed by atoms with Crippen molar-refractivity contribution >= 4 is 58.1 Å². The quantitative estimate of drug-likeness (QED) is 0.107. The van der Waals surface area contributed by atoms with E-state index in [1.165, 1.54) is 22.9 Å². The highest BCUT2D eigenvalue weighted by atomic mass is 32.2. The third-order valence-electron chi connectivity index (χ3n) is 6.50. The number of hydrogen-bond donors (Lipinski definition) is 4. The van der Waals surface area contributed by atoms with Gasteiger partial charge >= 0.3 is 5.97 Å². The van der Waals surface area contributed by atoms with Crippen LogP contribution in [-0.2, 0) is 25.8 Å². The number of fused-ring (bicyclic) bond motifs is 1. The molecule has 14 nitrogen and oxygen atoms in total. The number of thioether (sulfide) groups is 1. The molecule has 204 valence electrons. The van der Waals surface area contributed by atoms with Crippen LogP contribution < -0.4 is 15.6 Å². The number of rotatable bonds is 9. The van der Waals surface area contributed by atoms with Gasteiger partial charge in [0.05, 0.1) is 6.21 Å². The number of carbonyl (C=O) groups is 3. The molecule has 0 aromatic carbocycles. The van der Waals surface area contributed by atoms with Gasteiger partial charge in [-0.25, -0.2) is 9.36 Å². The lowest BCUT2D eigenvalue weighted by atomic mass is 10.0. The standard InChI is InChI=1S/C23H24N8O6S2/c24-23-27-18(29-39-23)15(28-37-14-3-1-2-4-14)19(32)26-16-20(33)31-17(22(34)35)13(11-38-21(16)31)10-30-7-5-12(6-8-30)9-25-36/h5-9,14,16,21H,1-4,10-11H2,(H4,24,26,27,29,32,34,35)/p+1/t16?,21-/m0/s1. The highest BCUT2D eigenvalue weighted by Gasteiger charge is 2.55. The number of anilines is 1. The first-order valence-electron chi connectivity index (χ1n) is 12.1. The lowest BCUT2D eigenvalue weighted by molar-refractivity contribution is -0.689. The highest BCUT2D eigenvalue weighted by Crippen LogP contribution is 2.40. The molecule has 0 bridgehead atoms. The number of amides is 2. The Morgan fingerprint density at radius 3 is 2.69 bits per heavy atom. The molecule has 16 heteroatoms. The van der Waals surface area contributed by atoms with Gasteiger partial charge in [-0.2, -0.15) is 9.36 Å². The summed E-state index contributed by atoms with van der Waals surface area (Å²) in [4.78, 5) is 49.3. The Kier molecular flexibility index (Phi) is 7.74. The van der Waals surface area contributed by atoms with E-state index in [-0.39, 0.29) is 35.0 Å². The van der Waals surface area contributed by atoms with Crippen molar-refractivity contribution in [1.29, 1.82) is 0 Å². The van der Waals surface area contributed by atoms with Crippen molar-refractivity contribution < 1.29 is 34.1 Å². The SMILES string of the molecule is Nc1nc(C(=NOC2CCCC2)C(=O)NC2C(=O)N3C(C(=O)O)=C(C[n+]4ccc(C=NO)cc4)CS[C@@H]23)ns1. The average Bonchev–Trinajstić information content (AvgIpc) is 3.60. The van der Waals surface area contributed by atoms with Crippen molar-refractivity contribution in [2.75, 3.05) is 11.5 Å². The van der Waals surface area contributed by atoms with E-state index in [1.54, 1.807) is 29.1 Å². The highest BCUT2D eigenvalue weighted by molar-refractivity contribution is 8.00. The second kappa shape index (κ2) is 11.4. The summed E-state index contributed by atoms with van der Waals surface area (Å²) in [5.74, 6) is -2.15. The Balaban J connectivity index is 1.32. The summed E-state index contributed by atoms with van der Waals surface area (Å²) in [7, 11) is 0. The molecule has 39 heavy (non-hydrogen) atoms. The Morgan fingerprint density at radius 1 is 1.31 bits per heavy atom. The smallest absolute Gasteiger partial charge is 0.352 e. The summed E-state index contributed by atoms with van der Waals surface area (Å²) >= 11 is 2.26. The van der Waals surface area contributed by atoms with Crippen molar-refractivity contribution in [3.8, 4) is 0 Å². The van der Waals surface area contributed by atoms with Crippen LogP contribution in [0.5, 0.6) is 0 Å². The Hall–Kier alpha value is -4.05. The summed E-state index contributed by atoms with van der Waals surface area (Å²) in [6.45, 7) is 0.241. The maximum atomic E-state index is 13.2. The number of nitrogens with two attached hydrogens (primary N) is 1. The van der Waals surface area contributed by atoms with Crippen LogP contribution in [0.4, 0.5) is 5.13 Å². The first-order chi connectivity index (χ1) is 18.9. The van der Waals surface area contributed by atoms with E-state index >= 15 is 0 Å². The lowest BCUT2D eigenvalue weighted by Gasteiger charge is -2.49. The zero-order valence-electron chi connectivity index (χ0n) is 20.5. The topological polar surface area (TPSA) is 197 Å². The number of β-lactam (4-membered cyclic amide) rings is 1. The Morgan fingerprint density at radius 2 is 2.05 bits per heavy atom. The monoisotopic (exact) mass is 573 g/mol. The van der Waals surface area contributed by atoms with Crippen LogP contribution in [0.1, 0.15) is 37.1 Å². The van der Waals surface area contributed by atoms with Gasteiger partial charge in [-0.3, -0.25) is 14.5 Å². The number of pyridine rings is 1. The van der Waals surface area contributed by atoms with E-state index in [0.29, 0.717) is 16.9 Å². The predicted octanol–water partition coefficient (Wildman–Crippen LogP) is 0.318. The van der Waals surface area contributed by atoms with Gasteiger partial charge in [-0.1, -0.05) is 10.3 Å². The minimum Gasteiger partial charge on any atom is -0.477 e. The second-order valence-corrected chi connectivity index (χ2v) is 11.0. The molecule has 3 aliphatic rings. The van der Waals surface area contributed by atoms with Gasteiger partial charge in [0, 0.05) is 40.6 Å². The van der Waals surface area contributed by atoms with Gasteiger partial charge in [0.25, 0.3) is 11.8 Å². The second-order valence-electron chi connectivity index (χ2n) is 9.07. The molecule has 0 spiro atoms. The Labute approximate surface area is 230 Å². The molecule has 5 rings (SSSR count). The van der Waals surface area contributed by atoms with E-state index < -0.39 is 29.2 Å². The molecule has 2 aliphatic heterocycles. The molecule has 1 saturated carbocycles. The van der Waals surface area contributed by atoms with Crippen LogP contribution in [0.3, 0.4) is 0 Å². The maximum Gasteiger partial charge on any atom is 0.352 e. The third kappa shape index (κ3) is 5.56. The predicted molar refractivity (Wildman–Crippen MR) is 140 cm³/mol. The van der Waals surface area contributed by atoms with Crippen molar-refractivity contribution in [3.63, 3.8) is 0 Å².